The molecule has 2 aliphatic heterocycles. The summed E-state index contributed by atoms with van der Waals surface area (Å²) in [5, 5.41) is 4.85. The van der Waals surface area contributed by atoms with Crippen LogP contribution in [-0.2, 0) is 27.8 Å². The van der Waals surface area contributed by atoms with Gasteiger partial charge in [-0.05, 0) is 60.9 Å². The van der Waals surface area contributed by atoms with Gasteiger partial charge < -0.3 is 10.2 Å². The molecule has 11 heteroatoms. The molecule has 0 bridgehead atoms. The predicted molar refractivity (Wildman–Crippen MR) is 125 cm³/mol. The Hall–Kier alpha value is -1.13. The molecule has 0 aliphatic carbocycles. The highest BCUT2D eigenvalue weighted by Crippen LogP contribution is 2.33. The summed E-state index contributed by atoms with van der Waals surface area (Å²) in [5.74, 6) is -0.295. The van der Waals surface area contributed by atoms with Crippen LogP contribution in [0.3, 0.4) is 0 Å². The molecule has 6 nitrogen and oxygen atoms in total. The SMILES string of the molecule is Cl.O=C1[C@@H](NS(=O)(=O)/C=C/c2ccc(Cl)s2)CCN1c1cc2c(cc1Cl)CNCC2. The highest BCUT2D eigenvalue weighted by Gasteiger charge is 2.36. The number of fused-ring (bicyclic) bond motifs is 1. The van der Waals surface area contributed by atoms with Crippen molar-refractivity contribution in [1.29, 1.82) is 0 Å². The number of sulfonamides is 1. The Bertz CT molecular complexity index is 1090. The Morgan fingerprint density at radius 1 is 1.23 bits per heavy atom. The molecule has 0 radical (unpaired) electrons. The van der Waals surface area contributed by atoms with Gasteiger partial charge in [0.05, 0.1) is 15.0 Å². The fourth-order valence-electron chi connectivity index (χ4n) is 3.54. The van der Waals surface area contributed by atoms with E-state index in [0.29, 0.717) is 28.0 Å². The third kappa shape index (κ3) is 5.19. The number of hydrogen-bond acceptors (Lipinski definition) is 5. The van der Waals surface area contributed by atoms with Gasteiger partial charge in [-0.15, -0.1) is 23.7 Å². The van der Waals surface area contributed by atoms with Crippen molar-refractivity contribution in [2.24, 2.45) is 0 Å². The first-order valence-electron chi connectivity index (χ1n) is 9.11. The number of thiophene rings is 1. The van der Waals surface area contributed by atoms with Gasteiger partial charge >= 0.3 is 0 Å². The van der Waals surface area contributed by atoms with Crippen LogP contribution in [0.4, 0.5) is 5.69 Å². The standard InChI is InChI=1S/C19H19Cl2N3O3S2.ClH/c20-15-9-13-11-22-6-3-12(13)10-17(15)24-7-4-16(19(24)25)23-29(26,27)8-5-14-1-2-18(21)28-14;/h1-2,5,8-10,16,22-23H,3-4,6-7,11H2;1H/b8-5+;/t16-;/m0./s1. The molecule has 0 unspecified atom stereocenters. The number of anilines is 1. The molecule has 4 rings (SSSR count). The maximum atomic E-state index is 12.9. The van der Waals surface area contributed by atoms with E-state index in [1.807, 2.05) is 12.1 Å². The van der Waals surface area contributed by atoms with E-state index in [2.05, 4.69) is 10.0 Å². The maximum absolute atomic E-state index is 12.9. The third-order valence-electron chi connectivity index (χ3n) is 4.96. The van der Waals surface area contributed by atoms with Gasteiger partial charge in [0.25, 0.3) is 0 Å². The van der Waals surface area contributed by atoms with Crippen LogP contribution in [0, 0.1) is 0 Å². The van der Waals surface area contributed by atoms with Crippen molar-refractivity contribution in [3.05, 3.63) is 55.0 Å². The first-order chi connectivity index (χ1) is 13.8. The van der Waals surface area contributed by atoms with Crippen molar-refractivity contribution < 1.29 is 13.2 Å². The molecule has 3 heterocycles. The van der Waals surface area contributed by atoms with Gasteiger partial charge in [-0.3, -0.25) is 4.79 Å². The largest absolute Gasteiger partial charge is 0.312 e. The van der Waals surface area contributed by atoms with E-state index in [-0.39, 0.29) is 18.3 Å². The second kappa shape index (κ2) is 9.56. The normalized spacial score (nSPS) is 19.2. The lowest BCUT2D eigenvalue weighted by molar-refractivity contribution is -0.118. The molecule has 1 aromatic heterocycles. The molecular formula is C19H20Cl3N3O3S2. The highest BCUT2D eigenvalue weighted by molar-refractivity contribution is 7.92. The van der Waals surface area contributed by atoms with Crippen molar-refractivity contribution >= 4 is 74.6 Å². The van der Waals surface area contributed by atoms with Gasteiger partial charge in [0.2, 0.25) is 15.9 Å². The van der Waals surface area contributed by atoms with Crippen LogP contribution in [-0.4, -0.2) is 33.5 Å². The van der Waals surface area contributed by atoms with Gasteiger partial charge in [0.1, 0.15) is 6.04 Å². The quantitative estimate of drug-likeness (QED) is 0.644. The Morgan fingerprint density at radius 2 is 2.03 bits per heavy atom. The molecule has 1 aromatic carbocycles. The Morgan fingerprint density at radius 3 is 2.77 bits per heavy atom. The summed E-state index contributed by atoms with van der Waals surface area (Å²) in [7, 11) is -3.77. The lowest BCUT2D eigenvalue weighted by Gasteiger charge is -2.23. The number of amides is 1. The number of halogens is 3. The highest BCUT2D eigenvalue weighted by atomic mass is 35.5. The zero-order valence-electron chi connectivity index (χ0n) is 15.7. The average molecular weight is 509 g/mol. The molecule has 1 amide bonds. The number of nitrogens with zero attached hydrogens (tertiary/aromatic N) is 1. The van der Waals surface area contributed by atoms with Gasteiger partial charge in [-0.1, -0.05) is 23.2 Å². The van der Waals surface area contributed by atoms with Crippen molar-refractivity contribution in [1.82, 2.24) is 10.0 Å². The number of carbonyl (C=O) groups is 1. The lowest BCUT2D eigenvalue weighted by atomic mass is 10.00. The molecular weight excluding hydrogens is 489 g/mol. The summed E-state index contributed by atoms with van der Waals surface area (Å²) in [6, 6.07) is 6.45. The minimum absolute atomic E-state index is 0. The molecule has 1 atom stereocenters. The van der Waals surface area contributed by atoms with Crippen LogP contribution in [0.25, 0.3) is 6.08 Å². The van der Waals surface area contributed by atoms with E-state index in [1.165, 1.54) is 17.4 Å². The monoisotopic (exact) mass is 507 g/mol. The Balaban J connectivity index is 0.00000256. The molecule has 162 valence electrons. The molecule has 30 heavy (non-hydrogen) atoms. The fraction of sp³-hybridized carbons (Fsp3) is 0.316. The molecule has 2 aliphatic rings. The predicted octanol–water partition coefficient (Wildman–Crippen LogP) is 3.82. The van der Waals surface area contributed by atoms with Crippen molar-refractivity contribution in [2.45, 2.75) is 25.4 Å². The lowest BCUT2D eigenvalue weighted by Crippen LogP contribution is -2.40. The fourth-order valence-corrected chi connectivity index (χ4v) is 5.89. The van der Waals surface area contributed by atoms with Crippen molar-refractivity contribution in [2.75, 3.05) is 18.0 Å². The number of hydrogen-bond donors (Lipinski definition) is 2. The van der Waals surface area contributed by atoms with Crippen LogP contribution in [0.2, 0.25) is 9.36 Å². The zero-order valence-corrected chi connectivity index (χ0v) is 19.7. The number of nitrogens with one attached hydrogen (secondary N) is 2. The third-order valence-corrected chi connectivity index (χ3v) is 7.57. The summed E-state index contributed by atoms with van der Waals surface area (Å²) in [5.41, 5.74) is 2.94. The van der Waals surface area contributed by atoms with Crippen molar-refractivity contribution in [3.63, 3.8) is 0 Å². The second-order valence-electron chi connectivity index (χ2n) is 6.94. The van der Waals surface area contributed by atoms with Crippen molar-refractivity contribution in [3.8, 4) is 0 Å². The van der Waals surface area contributed by atoms with Crippen LogP contribution in [0.5, 0.6) is 0 Å². The summed E-state index contributed by atoms with van der Waals surface area (Å²) in [6.45, 7) is 2.05. The van der Waals surface area contributed by atoms with Crippen LogP contribution in [0.15, 0.2) is 29.7 Å². The van der Waals surface area contributed by atoms with E-state index in [4.69, 9.17) is 23.2 Å². The summed E-state index contributed by atoms with van der Waals surface area (Å²) in [4.78, 5) is 15.2. The first-order valence-corrected chi connectivity index (χ1v) is 12.2. The van der Waals surface area contributed by atoms with Gasteiger partial charge in [-0.25, -0.2) is 8.42 Å². The van der Waals surface area contributed by atoms with Gasteiger partial charge in [-0.2, -0.15) is 4.72 Å². The number of rotatable bonds is 5. The van der Waals surface area contributed by atoms with E-state index >= 15 is 0 Å². The van der Waals surface area contributed by atoms with E-state index < -0.39 is 16.1 Å². The maximum Gasteiger partial charge on any atom is 0.245 e. The van der Waals surface area contributed by atoms with E-state index in [1.54, 1.807) is 17.0 Å². The van der Waals surface area contributed by atoms with Gasteiger partial charge in [0, 0.05) is 23.4 Å². The average Bonchev–Trinajstić information content (AvgIpc) is 3.25. The molecule has 0 spiro atoms. The summed E-state index contributed by atoms with van der Waals surface area (Å²) >= 11 is 13.6. The molecule has 2 N–H and O–H groups in total. The summed E-state index contributed by atoms with van der Waals surface area (Å²) < 4.78 is 27.8. The van der Waals surface area contributed by atoms with E-state index in [9.17, 15) is 13.2 Å². The first kappa shape index (κ1) is 23.5. The minimum Gasteiger partial charge on any atom is -0.312 e. The molecule has 2 aromatic rings. The van der Waals surface area contributed by atoms with Gasteiger partial charge in [0.15, 0.2) is 0 Å². The Labute approximate surface area is 195 Å². The summed E-state index contributed by atoms with van der Waals surface area (Å²) in [6.07, 6.45) is 2.71. The molecule has 1 fully saturated rings. The molecule has 0 saturated carbocycles. The van der Waals surface area contributed by atoms with Crippen LogP contribution < -0.4 is 14.9 Å². The van der Waals surface area contributed by atoms with E-state index in [0.717, 1.165) is 40.9 Å². The van der Waals surface area contributed by atoms with Crippen LogP contribution >= 0.6 is 46.9 Å². The molecule has 1 saturated heterocycles. The zero-order chi connectivity index (χ0) is 20.6. The smallest absolute Gasteiger partial charge is 0.245 e. The Kier molecular flexibility index (Phi) is 7.50. The second-order valence-corrected chi connectivity index (χ2v) is 10.7. The van der Waals surface area contributed by atoms with Crippen LogP contribution in [0.1, 0.15) is 22.4 Å². The number of benzene rings is 1. The topological polar surface area (TPSA) is 78.5 Å². The number of carbonyl (C=O) groups excluding carboxylic acids is 1. The minimum atomic E-state index is -3.77.